The topological polar surface area (TPSA) is 30.5 Å². The summed E-state index contributed by atoms with van der Waals surface area (Å²) in [7, 11) is 0. The van der Waals surface area contributed by atoms with Crippen molar-refractivity contribution < 1.29 is 9.47 Å². The van der Waals surface area contributed by atoms with E-state index in [0.29, 0.717) is 18.8 Å². The van der Waals surface area contributed by atoms with Crippen molar-refractivity contribution >= 4 is 0 Å². The van der Waals surface area contributed by atoms with Crippen LogP contribution in [0, 0.1) is 0 Å². The first-order chi connectivity index (χ1) is 10.4. The van der Waals surface area contributed by atoms with E-state index in [1.54, 1.807) is 0 Å². The fraction of sp³-hybridized carbons (Fsp3) is 0.667. The van der Waals surface area contributed by atoms with Gasteiger partial charge in [0.1, 0.15) is 0 Å². The molecule has 21 heavy (non-hydrogen) atoms. The van der Waals surface area contributed by atoms with Crippen LogP contribution in [0.5, 0.6) is 11.5 Å². The molecular weight excluding hydrogens is 262 g/mol. The average molecular weight is 289 g/mol. The molecular formula is C18H27NO2. The summed E-state index contributed by atoms with van der Waals surface area (Å²) in [5, 5.41) is 3.58. The number of rotatable bonds is 7. The van der Waals surface area contributed by atoms with E-state index in [9.17, 15) is 0 Å². The third-order valence-corrected chi connectivity index (χ3v) is 4.36. The molecule has 116 valence electrons. The van der Waals surface area contributed by atoms with E-state index < -0.39 is 0 Å². The Hall–Kier alpha value is -1.22. The summed E-state index contributed by atoms with van der Waals surface area (Å²) >= 11 is 0. The molecule has 0 bridgehead atoms. The summed E-state index contributed by atoms with van der Waals surface area (Å²) in [6, 6.07) is 6.98. The van der Waals surface area contributed by atoms with Gasteiger partial charge in [-0.25, -0.2) is 0 Å². The number of ether oxygens (including phenoxy) is 2. The van der Waals surface area contributed by atoms with E-state index in [2.05, 4.69) is 17.4 Å². The van der Waals surface area contributed by atoms with Gasteiger partial charge >= 0.3 is 0 Å². The molecule has 0 saturated heterocycles. The van der Waals surface area contributed by atoms with E-state index in [1.165, 1.54) is 50.5 Å². The van der Waals surface area contributed by atoms with Gasteiger partial charge in [-0.3, -0.25) is 0 Å². The van der Waals surface area contributed by atoms with Crippen molar-refractivity contribution in [1.29, 1.82) is 0 Å². The minimum absolute atomic E-state index is 0.361. The molecule has 1 aromatic carbocycles. The van der Waals surface area contributed by atoms with E-state index in [4.69, 9.17) is 9.47 Å². The largest absolute Gasteiger partial charge is 0.490 e. The lowest BCUT2D eigenvalue weighted by molar-refractivity contribution is 0.146. The minimum atomic E-state index is 0.361. The van der Waals surface area contributed by atoms with Gasteiger partial charge in [0.2, 0.25) is 0 Å². The molecule has 0 atom stereocenters. The summed E-state index contributed by atoms with van der Waals surface area (Å²) < 4.78 is 12.1. The number of para-hydroxylation sites is 1. The average Bonchev–Trinajstić information content (AvgIpc) is 3.33. The van der Waals surface area contributed by atoms with Gasteiger partial charge < -0.3 is 14.8 Å². The van der Waals surface area contributed by atoms with Gasteiger partial charge in [0.15, 0.2) is 11.5 Å². The maximum Gasteiger partial charge on any atom is 0.166 e. The van der Waals surface area contributed by atoms with E-state index >= 15 is 0 Å². The van der Waals surface area contributed by atoms with Gasteiger partial charge in [-0.1, -0.05) is 18.6 Å². The Morgan fingerprint density at radius 2 is 1.90 bits per heavy atom. The van der Waals surface area contributed by atoms with Crippen LogP contribution in [-0.4, -0.2) is 18.8 Å². The summed E-state index contributed by atoms with van der Waals surface area (Å²) in [4.78, 5) is 0. The van der Waals surface area contributed by atoms with Crippen LogP contribution in [0.15, 0.2) is 18.2 Å². The SMILES string of the molecule is CCOc1cccc(CNC2CC2)c1OC1CCCCC1. The van der Waals surface area contributed by atoms with Crippen LogP contribution in [0.1, 0.15) is 57.4 Å². The lowest BCUT2D eigenvalue weighted by Crippen LogP contribution is -2.22. The van der Waals surface area contributed by atoms with Crippen molar-refractivity contribution in [3.63, 3.8) is 0 Å². The number of hydrogen-bond donors (Lipinski definition) is 1. The first kappa shape index (κ1) is 14.7. The molecule has 2 aliphatic carbocycles. The molecule has 0 radical (unpaired) electrons. The molecule has 0 aromatic heterocycles. The van der Waals surface area contributed by atoms with E-state index in [0.717, 1.165) is 18.0 Å². The van der Waals surface area contributed by atoms with Crippen molar-refractivity contribution in [2.45, 2.75) is 70.6 Å². The van der Waals surface area contributed by atoms with Crippen molar-refractivity contribution in [3.05, 3.63) is 23.8 Å². The first-order valence-electron chi connectivity index (χ1n) is 8.51. The van der Waals surface area contributed by atoms with Crippen LogP contribution in [0.2, 0.25) is 0 Å². The Morgan fingerprint density at radius 3 is 2.62 bits per heavy atom. The zero-order valence-electron chi connectivity index (χ0n) is 13.1. The van der Waals surface area contributed by atoms with E-state index in [1.807, 2.05) is 13.0 Å². The predicted molar refractivity (Wildman–Crippen MR) is 85.0 cm³/mol. The summed E-state index contributed by atoms with van der Waals surface area (Å²) in [5.41, 5.74) is 1.23. The van der Waals surface area contributed by atoms with Crippen LogP contribution in [0.4, 0.5) is 0 Å². The monoisotopic (exact) mass is 289 g/mol. The maximum atomic E-state index is 6.36. The Labute approximate surface area is 128 Å². The van der Waals surface area contributed by atoms with Crippen LogP contribution >= 0.6 is 0 Å². The second kappa shape index (κ2) is 7.17. The molecule has 3 nitrogen and oxygen atoms in total. The van der Waals surface area contributed by atoms with Gasteiger partial charge in [0.25, 0.3) is 0 Å². The standard InChI is InChI=1S/C18H27NO2/c1-2-20-17-10-6-7-14(13-19-15-11-12-15)18(17)21-16-8-4-3-5-9-16/h6-7,10,15-16,19H,2-5,8-9,11-13H2,1H3. The Balaban J connectivity index is 1.74. The highest BCUT2D eigenvalue weighted by Crippen LogP contribution is 2.35. The Morgan fingerprint density at radius 1 is 1.10 bits per heavy atom. The summed E-state index contributed by atoms with van der Waals surface area (Å²) in [6.45, 7) is 3.59. The van der Waals surface area contributed by atoms with Crippen LogP contribution in [0.3, 0.4) is 0 Å². The number of benzene rings is 1. The Bertz CT molecular complexity index is 451. The quantitative estimate of drug-likeness (QED) is 0.821. The molecule has 0 spiro atoms. The fourth-order valence-electron chi connectivity index (χ4n) is 2.99. The molecule has 0 heterocycles. The van der Waals surface area contributed by atoms with Gasteiger partial charge in [-0.2, -0.15) is 0 Å². The highest BCUT2D eigenvalue weighted by molar-refractivity contribution is 5.47. The normalized spacial score (nSPS) is 19.5. The van der Waals surface area contributed by atoms with Gasteiger partial charge in [-0.15, -0.1) is 0 Å². The fourth-order valence-corrected chi connectivity index (χ4v) is 2.99. The molecule has 0 amide bonds. The first-order valence-corrected chi connectivity index (χ1v) is 8.51. The van der Waals surface area contributed by atoms with Crippen LogP contribution in [-0.2, 0) is 6.54 Å². The predicted octanol–water partition coefficient (Wildman–Crippen LogP) is 4.05. The molecule has 3 rings (SSSR count). The Kier molecular flexibility index (Phi) is 5.02. The summed E-state index contributed by atoms with van der Waals surface area (Å²) in [5.74, 6) is 1.87. The zero-order valence-corrected chi connectivity index (χ0v) is 13.1. The van der Waals surface area contributed by atoms with Crippen molar-refractivity contribution in [1.82, 2.24) is 5.32 Å². The third-order valence-electron chi connectivity index (χ3n) is 4.36. The van der Waals surface area contributed by atoms with Crippen LogP contribution < -0.4 is 14.8 Å². The minimum Gasteiger partial charge on any atom is -0.490 e. The number of hydrogen-bond acceptors (Lipinski definition) is 3. The van der Waals surface area contributed by atoms with Crippen LogP contribution in [0.25, 0.3) is 0 Å². The molecule has 2 aliphatic rings. The molecule has 1 aromatic rings. The van der Waals surface area contributed by atoms with Gasteiger partial charge in [-0.05, 0) is 51.5 Å². The second-order valence-corrected chi connectivity index (χ2v) is 6.21. The molecule has 2 fully saturated rings. The third kappa shape index (κ3) is 4.13. The molecule has 2 saturated carbocycles. The zero-order chi connectivity index (χ0) is 14.5. The molecule has 3 heteroatoms. The van der Waals surface area contributed by atoms with Crippen molar-refractivity contribution in [2.24, 2.45) is 0 Å². The van der Waals surface area contributed by atoms with Crippen molar-refractivity contribution in [3.8, 4) is 11.5 Å². The van der Waals surface area contributed by atoms with Gasteiger partial charge in [0.05, 0.1) is 12.7 Å². The highest BCUT2D eigenvalue weighted by Gasteiger charge is 2.23. The molecule has 0 aliphatic heterocycles. The highest BCUT2D eigenvalue weighted by atomic mass is 16.5. The smallest absolute Gasteiger partial charge is 0.166 e. The van der Waals surface area contributed by atoms with Gasteiger partial charge in [0, 0.05) is 18.2 Å². The lowest BCUT2D eigenvalue weighted by Gasteiger charge is -2.25. The van der Waals surface area contributed by atoms with E-state index in [-0.39, 0.29) is 0 Å². The van der Waals surface area contributed by atoms with Crippen molar-refractivity contribution in [2.75, 3.05) is 6.61 Å². The summed E-state index contributed by atoms with van der Waals surface area (Å²) in [6.07, 6.45) is 9.26. The second-order valence-electron chi connectivity index (χ2n) is 6.21. The molecule has 1 N–H and O–H groups in total. The number of nitrogens with one attached hydrogen (secondary N) is 1. The maximum absolute atomic E-state index is 6.36. The molecule has 0 unspecified atom stereocenters. The lowest BCUT2D eigenvalue weighted by atomic mass is 9.97.